The number of carbonyl (C=O) groups excluding carboxylic acids is 2. The molecule has 0 spiro atoms. The minimum absolute atomic E-state index is 0.0151. The monoisotopic (exact) mass is 511 g/mol. The van der Waals surface area contributed by atoms with Crippen LogP contribution in [0.3, 0.4) is 0 Å². The highest BCUT2D eigenvalue weighted by Gasteiger charge is 2.41. The Kier molecular flexibility index (Phi) is 6.61. The van der Waals surface area contributed by atoms with Crippen molar-refractivity contribution in [2.24, 2.45) is 0 Å². The summed E-state index contributed by atoms with van der Waals surface area (Å²) in [5.74, 6) is -0.828. The summed E-state index contributed by atoms with van der Waals surface area (Å²) in [5.41, 5.74) is 4.19. The first-order valence-corrected chi connectivity index (χ1v) is 11.7. The largest absolute Gasteiger partial charge is 0.503 e. The summed E-state index contributed by atoms with van der Waals surface area (Å²) in [7, 11) is 1.33. The zero-order valence-electron chi connectivity index (χ0n) is 18.8. The van der Waals surface area contributed by atoms with E-state index in [9.17, 15) is 14.7 Å². The minimum atomic E-state index is -0.631. The van der Waals surface area contributed by atoms with E-state index in [4.69, 9.17) is 9.47 Å². The topological polar surface area (TPSA) is 84.9 Å². The molecule has 2 aromatic rings. The highest BCUT2D eigenvalue weighted by Crippen LogP contribution is 2.48. The quantitative estimate of drug-likeness (QED) is 0.544. The van der Waals surface area contributed by atoms with Crippen molar-refractivity contribution in [3.8, 4) is 11.5 Å². The molecule has 0 amide bonds. The molecule has 2 N–H and O–H groups in total. The number of phenols is 1. The fraction of sp³-hybridized carbons (Fsp3) is 0.308. The molecule has 0 radical (unpaired) electrons. The lowest BCUT2D eigenvalue weighted by Gasteiger charge is -2.36. The molecule has 33 heavy (non-hydrogen) atoms. The number of nitrogens with one attached hydrogen (secondary N) is 1. The van der Waals surface area contributed by atoms with Crippen LogP contribution in [0.2, 0.25) is 0 Å². The number of Topliss-reactive ketones (excluding diaryl/α,β-unsaturated/α-hetero) is 1. The molecule has 0 saturated carbocycles. The van der Waals surface area contributed by atoms with Gasteiger partial charge in [0.25, 0.3) is 0 Å². The van der Waals surface area contributed by atoms with Gasteiger partial charge in [-0.25, -0.2) is 4.79 Å². The molecule has 0 fully saturated rings. The molecule has 0 saturated heterocycles. The zero-order chi connectivity index (χ0) is 23.7. The number of allylic oxidation sites excluding steroid dienone is 3. The second-order valence-electron chi connectivity index (χ2n) is 8.20. The van der Waals surface area contributed by atoms with Crippen LogP contribution in [-0.2, 0) is 14.3 Å². The van der Waals surface area contributed by atoms with E-state index in [-0.39, 0.29) is 23.2 Å². The molecule has 0 bridgehead atoms. The first-order chi connectivity index (χ1) is 15.8. The van der Waals surface area contributed by atoms with Crippen LogP contribution in [0.4, 0.5) is 0 Å². The molecule has 172 valence electrons. The first-order valence-electron chi connectivity index (χ1n) is 10.9. The summed E-state index contributed by atoms with van der Waals surface area (Å²) < 4.78 is 11.1. The van der Waals surface area contributed by atoms with Crippen LogP contribution in [-0.4, -0.2) is 30.6 Å². The lowest BCUT2D eigenvalue weighted by molar-refractivity contribution is -0.136. The smallest absolute Gasteiger partial charge is 0.336 e. The van der Waals surface area contributed by atoms with E-state index in [1.54, 1.807) is 12.1 Å². The summed E-state index contributed by atoms with van der Waals surface area (Å²) >= 11 is 3.39. The van der Waals surface area contributed by atoms with Crippen molar-refractivity contribution in [3.05, 3.63) is 80.6 Å². The Morgan fingerprint density at radius 1 is 1.18 bits per heavy atom. The maximum Gasteiger partial charge on any atom is 0.336 e. The van der Waals surface area contributed by atoms with E-state index >= 15 is 0 Å². The number of hydrogen-bond donors (Lipinski definition) is 2. The van der Waals surface area contributed by atoms with Crippen molar-refractivity contribution >= 4 is 27.7 Å². The number of esters is 1. The number of benzene rings is 2. The summed E-state index contributed by atoms with van der Waals surface area (Å²) in [4.78, 5) is 26.4. The first kappa shape index (κ1) is 23.1. The number of carbonyl (C=O) groups is 2. The molecule has 2 aromatic carbocycles. The summed E-state index contributed by atoms with van der Waals surface area (Å²) in [6, 6.07) is 13.4. The van der Waals surface area contributed by atoms with E-state index in [0.717, 1.165) is 11.3 Å². The van der Waals surface area contributed by atoms with Crippen LogP contribution in [0.15, 0.2) is 69.5 Å². The van der Waals surface area contributed by atoms with Crippen LogP contribution in [0.1, 0.15) is 49.7 Å². The average Bonchev–Trinajstić information content (AvgIpc) is 2.81. The Bertz CT molecular complexity index is 1170. The number of hydrogen-bond acceptors (Lipinski definition) is 6. The van der Waals surface area contributed by atoms with Crippen molar-refractivity contribution in [2.45, 2.75) is 38.5 Å². The summed E-state index contributed by atoms with van der Waals surface area (Å²) in [5, 5.41) is 13.7. The lowest BCUT2D eigenvalue weighted by atomic mass is 9.71. The van der Waals surface area contributed by atoms with Gasteiger partial charge in [0.1, 0.15) is 0 Å². The number of aromatic hydroxyl groups is 1. The Morgan fingerprint density at radius 3 is 2.58 bits per heavy atom. The number of dihydropyridines is 1. The van der Waals surface area contributed by atoms with Gasteiger partial charge in [0, 0.05) is 29.3 Å². The van der Waals surface area contributed by atoms with Crippen molar-refractivity contribution in [1.82, 2.24) is 5.32 Å². The number of rotatable bonds is 5. The Morgan fingerprint density at radius 2 is 1.91 bits per heavy atom. The van der Waals surface area contributed by atoms with Gasteiger partial charge in [0.15, 0.2) is 17.3 Å². The summed E-state index contributed by atoms with van der Waals surface area (Å²) in [6.07, 6.45) is 1.01. The van der Waals surface area contributed by atoms with E-state index in [1.807, 2.05) is 44.2 Å². The molecule has 4 rings (SSSR count). The average molecular weight is 512 g/mol. The van der Waals surface area contributed by atoms with E-state index in [0.29, 0.717) is 46.3 Å². The number of ether oxygens (including phenoxy) is 2. The molecular weight excluding hydrogens is 486 g/mol. The molecule has 1 aliphatic heterocycles. The fourth-order valence-corrected chi connectivity index (χ4v) is 5.20. The Balaban J connectivity index is 1.86. The SMILES string of the molecule is CCOc1cc([C@@H]2C(C(=O)OC)=C(C)NC3=C2C(=O)C[C@@H](c2ccccc2)C3)cc(Br)c1O. The maximum absolute atomic E-state index is 13.6. The van der Waals surface area contributed by atoms with Crippen molar-refractivity contribution in [2.75, 3.05) is 13.7 Å². The number of ketones is 1. The highest BCUT2D eigenvalue weighted by molar-refractivity contribution is 9.10. The molecule has 0 aromatic heterocycles. The van der Waals surface area contributed by atoms with Crippen LogP contribution < -0.4 is 10.1 Å². The number of phenolic OH excluding ortho intramolecular Hbond substituents is 1. The van der Waals surface area contributed by atoms with Gasteiger partial charge in [0.05, 0.1) is 23.8 Å². The van der Waals surface area contributed by atoms with Gasteiger partial charge in [-0.1, -0.05) is 30.3 Å². The van der Waals surface area contributed by atoms with Gasteiger partial charge in [0.2, 0.25) is 0 Å². The maximum atomic E-state index is 13.6. The van der Waals surface area contributed by atoms with E-state index < -0.39 is 11.9 Å². The Labute approximate surface area is 201 Å². The standard InChI is InChI=1S/C26H26BrNO5/c1-4-33-21-13-17(10-18(27)25(21)30)23-22(26(31)32-3)14(2)28-19-11-16(12-20(29)24(19)23)15-8-6-5-7-9-15/h5-10,13,16,23,28,30H,4,11-12H2,1-3H3/t16-,23+/m0/s1. The van der Waals surface area contributed by atoms with Crippen LogP contribution in [0, 0.1) is 0 Å². The number of methoxy groups -OCH3 is 1. The fourth-order valence-electron chi connectivity index (χ4n) is 4.74. The molecule has 2 aliphatic rings. The third-order valence-corrected chi connectivity index (χ3v) is 6.79. The molecule has 7 heteroatoms. The van der Waals surface area contributed by atoms with Gasteiger partial charge >= 0.3 is 5.97 Å². The minimum Gasteiger partial charge on any atom is -0.503 e. The molecule has 2 atom stereocenters. The molecular formula is C26H26BrNO5. The normalized spacial score (nSPS) is 20.3. The van der Waals surface area contributed by atoms with E-state index in [2.05, 4.69) is 21.2 Å². The molecule has 1 heterocycles. The zero-order valence-corrected chi connectivity index (χ0v) is 20.4. The predicted molar refractivity (Wildman–Crippen MR) is 128 cm³/mol. The third kappa shape index (κ3) is 4.29. The predicted octanol–water partition coefficient (Wildman–Crippen LogP) is 5.09. The van der Waals surface area contributed by atoms with Gasteiger partial charge in [-0.2, -0.15) is 0 Å². The van der Waals surface area contributed by atoms with Crippen LogP contribution in [0.25, 0.3) is 0 Å². The molecule has 0 unspecified atom stereocenters. The number of halogens is 1. The van der Waals surface area contributed by atoms with Crippen molar-refractivity contribution in [3.63, 3.8) is 0 Å². The van der Waals surface area contributed by atoms with Gasteiger partial charge in [-0.15, -0.1) is 0 Å². The van der Waals surface area contributed by atoms with Gasteiger partial charge < -0.3 is 19.9 Å². The van der Waals surface area contributed by atoms with Gasteiger partial charge in [-0.3, -0.25) is 4.79 Å². The Hall–Kier alpha value is -3.06. The van der Waals surface area contributed by atoms with Crippen molar-refractivity contribution in [1.29, 1.82) is 0 Å². The second kappa shape index (κ2) is 9.43. The second-order valence-corrected chi connectivity index (χ2v) is 9.06. The lowest BCUT2D eigenvalue weighted by Crippen LogP contribution is -2.36. The van der Waals surface area contributed by atoms with E-state index in [1.165, 1.54) is 7.11 Å². The highest BCUT2D eigenvalue weighted by atomic mass is 79.9. The molecule has 6 nitrogen and oxygen atoms in total. The van der Waals surface area contributed by atoms with Crippen molar-refractivity contribution < 1.29 is 24.2 Å². The van der Waals surface area contributed by atoms with Crippen LogP contribution >= 0.6 is 15.9 Å². The molecule has 1 aliphatic carbocycles. The van der Waals surface area contributed by atoms with Crippen LogP contribution in [0.5, 0.6) is 11.5 Å². The van der Waals surface area contributed by atoms with Gasteiger partial charge in [-0.05, 0) is 65.4 Å². The third-order valence-electron chi connectivity index (χ3n) is 6.19. The summed E-state index contributed by atoms with van der Waals surface area (Å²) in [6.45, 7) is 4.00.